The van der Waals surface area contributed by atoms with Gasteiger partial charge in [0.25, 0.3) is 5.91 Å². The van der Waals surface area contributed by atoms with Crippen LogP contribution in [0.4, 0.5) is 10.8 Å². The summed E-state index contributed by atoms with van der Waals surface area (Å²) >= 11 is 1.42. The smallest absolute Gasteiger partial charge is 0.259 e. The zero-order chi connectivity index (χ0) is 26.9. The van der Waals surface area contributed by atoms with Crippen molar-refractivity contribution in [2.45, 2.75) is 12.0 Å². The summed E-state index contributed by atoms with van der Waals surface area (Å²) in [7, 11) is 3.20. The van der Waals surface area contributed by atoms with Gasteiger partial charge in [0.15, 0.2) is 5.13 Å². The summed E-state index contributed by atoms with van der Waals surface area (Å²) < 4.78 is 11.7. The number of methoxy groups -OCH3 is 2. The van der Waals surface area contributed by atoms with Crippen molar-refractivity contribution in [2.75, 3.05) is 24.4 Å². The third-order valence-electron chi connectivity index (χ3n) is 6.95. The van der Waals surface area contributed by atoms with Gasteiger partial charge in [0.05, 0.1) is 36.4 Å². The zero-order valence-corrected chi connectivity index (χ0v) is 22.1. The maximum atomic E-state index is 14.2. The SMILES string of the molecule is COc1ccc([C@H]2[C@@H](C(=O)Nc3nc4ccccc4s3)c3ccccc3C(=O)N2c2ccc(OC)cc2)cc1. The fraction of sp³-hybridized carbons (Fsp3) is 0.129. The summed E-state index contributed by atoms with van der Waals surface area (Å²) in [6.07, 6.45) is 0. The van der Waals surface area contributed by atoms with Crippen LogP contribution in [0.2, 0.25) is 0 Å². The Morgan fingerprint density at radius 1 is 0.846 bits per heavy atom. The number of carbonyl (C=O) groups excluding carboxylic acids is 2. The molecule has 2 heterocycles. The van der Waals surface area contributed by atoms with Crippen LogP contribution in [0.15, 0.2) is 97.1 Å². The maximum Gasteiger partial charge on any atom is 0.259 e. The van der Waals surface area contributed by atoms with Crippen LogP contribution in [0.1, 0.15) is 33.4 Å². The first kappa shape index (κ1) is 24.6. The summed E-state index contributed by atoms with van der Waals surface area (Å²) in [5.74, 6) is 0.234. The molecule has 5 aromatic rings. The lowest BCUT2D eigenvalue weighted by Crippen LogP contribution is -2.46. The van der Waals surface area contributed by atoms with Crippen molar-refractivity contribution < 1.29 is 19.1 Å². The number of nitrogens with one attached hydrogen (secondary N) is 1. The molecule has 7 nitrogen and oxygen atoms in total. The molecule has 0 radical (unpaired) electrons. The predicted molar refractivity (Wildman–Crippen MR) is 153 cm³/mol. The molecular formula is C31H25N3O4S. The van der Waals surface area contributed by atoms with Crippen LogP contribution < -0.4 is 19.7 Å². The van der Waals surface area contributed by atoms with Gasteiger partial charge < -0.3 is 14.8 Å². The fourth-order valence-corrected chi connectivity index (χ4v) is 5.96. The number of amides is 2. The Kier molecular flexibility index (Phi) is 6.46. The van der Waals surface area contributed by atoms with Gasteiger partial charge in [0.1, 0.15) is 11.5 Å². The first-order chi connectivity index (χ1) is 19.1. The van der Waals surface area contributed by atoms with E-state index in [4.69, 9.17) is 9.47 Å². The van der Waals surface area contributed by atoms with Crippen molar-refractivity contribution in [3.8, 4) is 11.5 Å². The molecule has 0 fully saturated rings. The van der Waals surface area contributed by atoms with Crippen LogP contribution in [0, 0.1) is 0 Å². The molecule has 0 saturated heterocycles. The van der Waals surface area contributed by atoms with Gasteiger partial charge in [-0.25, -0.2) is 4.98 Å². The van der Waals surface area contributed by atoms with Crippen LogP contribution >= 0.6 is 11.3 Å². The number of benzene rings is 4. The molecule has 0 spiro atoms. The van der Waals surface area contributed by atoms with Gasteiger partial charge in [-0.05, 0) is 65.7 Å². The molecule has 0 bridgehead atoms. The van der Waals surface area contributed by atoms with E-state index in [0.29, 0.717) is 33.4 Å². The quantitative estimate of drug-likeness (QED) is 0.271. The number of ether oxygens (including phenoxy) is 2. The first-order valence-electron chi connectivity index (χ1n) is 12.4. The van der Waals surface area contributed by atoms with Gasteiger partial charge in [-0.1, -0.05) is 53.8 Å². The summed E-state index contributed by atoms with van der Waals surface area (Å²) in [6, 6.07) is 29.2. The minimum absolute atomic E-state index is 0.180. The predicted octanol–water partition coefficient (Wildman–Crippen LogP) is 6.44. The summed E-state index contributed by atoms with van der Waals surface area (Å²) in [6.45, 7) is 0. The third-order valence-corrected chi connectivity index (χ3v) is 7.91. The van der Waals surface area contributed by atoms with Crippen molar-refractivity contribution >= 4 is 44.2 Å². The van der Waals surface area contributed by atoms with E-state index in [1.807, 2.05) is 91.0 Å². The monoisotopic (exact) mass is 535 g/mol. The fourth-order valence-electron chi connectivity index (χ4n) is 5.09. The maximum absolute atomic E-state index is 14.2. The highest BCUT2D eigenvalue weighted by Crippen LogP contribution is 2.46. The molecule has 6 rings (SSSR count). The van der Waals surface area contributed by atoms with Crippen LogP contribution in [0.25, 0.3) is 10.2 Å². The van der Waals surface area contributed by atoms with Crippen molar-refractivity contribution in [1.82, 2.24) is 4.98 Å². The molecule has 0 unspecified atom stereocenters. The number of thiazole rings is 1. The second-order valence-electron chi connectivity index (χ2n) is 9.13. The molecule has 39 heavy (non-hydrogen) atoms. The van der Waals surface area contributed by atoms with E-state index in [0.717, 1.165) is 15.8 Å². The standard InChI is InChI=1S/C31H25N3O4S/c1-37-21-15-11-19(12-16-21)28-27(29(35)33-31-32-25-9-5-6-10-26(25)39-31)23-7-3-4-8-24(23)30(36)34(28)20-13-17-22(38-2)18-14-20/h3-18,27-28H,1-2H3,(H,32,33,35)/t27-,28-/m0/s1. The number of rotatable bonds is 6. The van der Waals surface area contributed by atoms with Gasteiger partial charge in [-0.15, -0.1) is 0 Å². The van der Waals surface area contributed by atoms with Crippen molar-refractivity contribution in [3.63, 3.8) is 0 Å². The molecule has 0 aliphatic carbocycles. The highest BCUT2D eigenvalue weighted by Gasteiger charge is 2.45. The lowest BCUT2D eigenvalue weighted by atomic mass is 9.79. The molecule has 1 aliphatic rings. The van der Waals surface area contributed by atoms with Crippen molar-refractivity contribution in [3.05, 3.63) is 114 Å². The number of nitrogens with zero attached hydrogens (tertiary/aromatic N) is 2. The molecule has 2 atom stereocenters. The normalized spacial score (nSPS) is 16.6. The second-order valence-corrected chi connectivity index (χ2v) is 10.2. The van der Waals surface area contributed by atoms with E-state index in [2.05, 4.69) is 10.3 Å². The Morgan fingerprint density at radius 2 is 1.49 bits per heavy atom. The number of para-hydroxylation sites is 1. The second kappa shape index (κ2) is 10.2. The molecule has 194 valence electrons. The third kappa shape index (κ3) is 4.49. The Balaban J connectivity index is 1.50. The Bertz CT molecular complexity index is 1630. The minimum Gasteiger partial charge on any atom is -0.497 e. The zero-order valence-electron chi connectivity index (χ0n) is 21.3. The van der Waals surface area contributed by atoms with Crippen LogP contribution in [-0.2, 0) is 4.79 Å². The van der Waals surface area contributed by atoms with E-state index in [1.165, 1.54) is 11.3 Å². The van der Waals surface area contributed by atoms with E-state index in [9.17, 15) is 9.59 Å². The molecule has 1 N–H and O–H groups in total. The van der Waals surface area contributed by atoms with Crippen molar-refractivity contribution in [1.29, 1.82) is 0 Å². The average molecular weight is 536 g/mol. The lowest BCUT2D eigenvalue weighted by molar-refractivity contribution is -0.118. The van der Waals surface area contributed by atoms with Gasteiger partial charge >= 0.3 is 0 Å². The molecule has 1 aliphatic heterocycles. The van der Waals surface area contributed by atoms with E-state index < -0.39 is 12.0 Å². The van der Waals surface area contributed by atoms with Gasteiger partial charge in [0, 0.05) is 11.3 Å². The largest absolute Gasteiger partial charge is 0.497 e. The molecule has 0 saturated carbocycles. The van der Waals surface area contributed by atoms with E-state index in [1.54, 1.807) is 25.2 Å². The topological polar surface area (TPSA) is 80.8 Å². The Labute approximate surface area is 229 Å². The molecule has 2 amide bonds. The number of fused-ring (bicyclic) bond motifs is 2. The van der Waals surface area contributed by atoms with Crippen LogP contribution in [-0.4, -0.2) is 31.0 Å². The summed E-state index contributed by atoms with van der Waals surface area (Å²) in [4.78, 5) is 34.5. The highest BCUT2D eigenvalue weighted by atomic mass is 32.1. The number of anilines is 2. The number of carbonyl (C=O) groups is 2. The highest BCUT2D eigenvalue weighted by molar-refractivity contribution is 7.22. The summed E-state index contributed by atoms with van der Waals surface area (Å²) in [5.41, 5.74) is 3.45. The van der Waals surface area contributed by atoms with E-state index >= 15 is 0 Å². The number of hydrogen-bond donors (Lipinski definition) is 1. The molecule has 8 heteroatoms. The van der Waals surface area contributed by atoms with Crippen LogP contribution in [0.5, 0.6) is 11.5 Å². The summed E-state index contributed by atoms with van der Waals surface area (Å²) in [5, 5.41) is 3.57. The Morgan fingerprint density at radius 3 is 2.18 bits per heavy atom. The lowest BCUT2D eigenvalue weighted by Gasteiger charge is -2.41. The van der Waals surface area contributed by atoms with Crippen LogP contribution in [0.3, 0.4) is 0 Å². The molecule has 4 aromatic carbocycles. The average Bonchev–Trinajstić information content (AvgIpc) is 3.39. The Hall–Kier alpha value is -4.69. The first-order valence-corrected chi connectivity index (χ1v) is 13.3. The number of aromatic nitrogens is 1. The van der Waals surface area contributed by atoms with E-state index in [-0.39, 0.29) is 11.8 Å². The van der Waals surface area contributed by atoms with Gasteiger partial charge in [-0.3, -0.25) is 14.5 Å². The molecule has 1 aromatic heterocycles. The molecular weight excluding hydrogens is 510 g/mol. The van der Waals surface area contributed by atoms with Gasteiger partial charge in [0.2, 0.25) is 5.91 Å². The van der Waals surface area contributed by atoms with Gasteiger partial charge in [-0.2, -0.15) is 0 Å². The number of hydrogen-bond acceptors (Lipinski definition) is 6. The minimum atomic E-state index is -0.707. The van der Waals surface area contributed by atoms with Crippen molar-refractivity contribution in [2.24, 2.45) is 0 Å².